The molecular weight excluding hydrogens is 316 g/mol. The molecule has 6 heteroatoms. The molecule has 0 spiro atoms. The zero-order valence-corrected chi connectivity index (χ0v) is 14.8. The number of aromatic nitrogens is 2. The summed E-state index contributed by atoms with van der Waals surface area (Å²) in [7, 11) is 1.62. The largest absolute Gasteiger partial charge is 0.496 e. The molecule has 2 aromatic rings. The molecule has 1 aromatic carbocycles. The molecule has 6 nitrogen and oxygen atoms in total. The van der Waals surface area contributed by atoms with Crippen LogP contribution in [0.15, 0.2) is 30.5 Å². The fourth-order valence-corrected chi connectivity index (χ4v) is 3.04. The topological polar surface area (TPSA) is 67.3 Å². The van der Waals surface area contributed by atoms with Crippen molar-refractivity contribution in [2.45, 2.75) is 32.7 Å². The van der Waals surface area contributed by atoms with Crippen molar-refractivity contribution >= 4 is 11.9 Å². The molecule has 132 valence electrons. The number of para-hydroxylation sites is 1. The van der Waals surface area contributed by atoms with E-state index in [1.54, 1.807) is 13.3 Å². The van der Waals surface area contributed by atoms with Crippen LogP contribution in [0.4, 0.5) is 5.95 Å². The third kappa shape index (κ3) is 4.07. The van der Waals surface area contributed by atoms with Gasteiger partial charge in [-0.3, -0.25) is 4.79 Å². The molecule has 0 radical (unpaired) electrons. The maximum Gasteiger partial charge on any atom is 0.254 e. The molecule has 1 aliphatic heterocycles. The summed E-state index contributed by atoms with van der Waals surface area (Å²) in [4.78, 5) is 23.6. The van der Waals surface area contributed by atoms with Crippen LogP contribution in [0, 0.1) is 6.92 Å². The Morgan fingerprint density at radius 1 is 1.24 bits per heavy atom. The van der Waals surface area contributed by atoms with E-state index in [9.17, 15) is 4.79 Å². The second kappa shape index (κ2) is 7.96. The van der Waals surface area contributed by atoms with E-state index in [2.05, 4.69) is 20.2 Å². The number of hydrogen-bond donors (Lipinski definition) is 1. The highest BCUT2D eigenvalue weighted by molar-refractivity contribution is 5.95. The number of hydrogen-bond acceptors (Lipinski definition) is 5. The zero-order valence-electron chi connectivity index (χ0n) is 14.8. The number of amides is 1. The van der Waals surface area contributed by atoms with Gasteiger partial charge < -0.3 is 15.0 Å². The Bertz CT molecular complexity index is 742. The molecule has 0 atom stereocenters. The number of nitrogens with one attached hydrogen (secondary N) is 1. The molecular formula is C19H24N4O2. The van der Waals surface area contributed by atoms with Gasteiger partial charge in [-0.2, -0.15) is 0 Å². The number of carbonyl (C=O) groups excluding carboxylic acids is 1. The monoisotopic (exact) mass is 340 g/mol. The third-order valence-corrected chi connectivity index (χ3v) is 4.48. The van der Waals surface area contributed by atoms with Crippen LogP contribution in [0.3, 0.4) is 0 Å². The fourth-order valence-electron chi connectivity index (χ4n) is 3.04. The predicted molar refractivity (Wildman–Crippen MR) is 97.0 cm³/mol. The molecule has 1 aliphatic rings. The standard InChI is InChI=1S/C19H24N4O2/c1-14-16(13-21-19(22-14)23-10-6-3-7-11-23)18(24)20-12-15-8-4-5-9-17(15)25-2/h4-5,8-9,13H,3,6-7,10-12H2,1-2H3,(H,20,24). The lowest BCUT2D eigenvalue weighted by Crippen LogP contribution is -2.31. The Labute approximate surface area is 148 Å². The first-order chi connectivity index (χ1) is 12.2. The molecule has 1 fully saturated rings. The average Bonchev–Trinajstić information content (AvgIpc) is 2.67. The van der Waals surface area contributed by atoms with Gasteiger partial charge in [0.15, 0.2) is 0 Å². The van der Waals surface area contributed by atoms with Crippen molar-refractivity contribution in [1.82, 2.24) is 15.3 Å². The van der Waals surface area contributed by atoms with Crippen LogP contribution in [-0.2, 0) is 6.54 Å². The van der Waals surface area contributed by atoms with Gasteiger partial charge in [0.05, 0.1) is 18.4 Å². The molecule has 2 heterocycles. The van der Waals surface area contributed by atoms with Crippen LogP contribution in [0.2, 0.25) is 0 Å². The molecule has 0 unspecified atom stereocenters. The Morgan fingerprint density at radius 2 is 2.00 bits per heavy atom. The van der Waals surface area contributed by atoms with Crippen LogP contribution in [-0.4, -0.2) is 36.1 Å². The van der Waals surface area contributed by atoms with Crippen molar-refractivity contribution in [2.24, 2.45) is 0 Å². The quantitative estimate of drug-likeness (QED) is 0.906. The van der Waals surface area contributed by atoms with Gasteiger partial charge in [-0.25, -0.2) is 9.97 Å². The smallest absolute Gasteiger partial charge is 0.254 e. The van der Waals surface area contributed by atoms with E-state index in [1.807, 2.05) is 31.2 Å². The lowest BCUT2D eigenvalue weighted by atomic mass is 10.1. The fraction of sp³-hybridized carbons (Fsp3) is 0.421. The normalized spacial score (nSPS) is 14.2. The Morgan fingerprint density at radius 3 is 2.72 bits per heavy atom. The maximum atomic E-state index is 12.5. The number of anilines is 1. The van der Waals surface area contributed by atoms with Crippen molar-refractivity contribution in [3.8, 4) is 5.75 Å². The Hall–Kier alpha value is -2.63. The first kappa shape index (κ1) is 17.2. The van der Waals surface area contributed by atoms with E-state index in [4.69, 9.17) is 4.74 Å². The van der Waals surface area contributed by atoms with Crippen LogP contribution < -0.4 is 15.0 Å². The number of nitrogens with zero attached hydrogens (tertiary/aromatic N) is 3. The van der Waals surface area contributed by atoms with Gasteiger partial charge in [0.2, 0.25) is 5.95 Å². The maximum absolute atomic E-state index is 12.5. The second-order valence-corrected chi connectivity index (χ2v) is 6.21. The summed E-state index contributed by atoms with van der Waals surface area (Å²) in [6.07, 6.45) is 5.23. The van der Waals surface area contributed by atoms with Gasteiger partial charge in [0, 0.05) is 31.4 Å². The van der Waals surface area contributed by atoms with Gasteiger partial charge in [0.1, 0.15) is 5.75 Å². The third-order valence-electron chi connectivity index (χ3n) is 4.48. The number of piperidine rings is 1. The highest BCUT2D eigenvalue weighted by atomic mass is 16.5. The van der Waals surface area contributed by atoms with Crippen molar-refractivity contribution in [2.75, 3.05) is 25.1 Å². The molecule has 25 heavy (non-hydrogen) atoms. The molecule has 0 aliphatic carbocycles. The van der Waals surface area contributed by atoms with E-state index < -0.39 is 0 Å². The van der Waals surface area contributed by atoms with Gasteiger partial charge in [-0.15, -0.1) is 0 Å². The molecule has 1 amide bonds. The van der Waals surface area contributed by atoms with Gasteiger partial charge >= 0.3 is 0 Å². The lowest BCUT2D eigenvalue weighted by Gasteiger charge is -2.26. The highest BCUT2D eigenvalue weighted by Crippen LogP contribution is 2.18. The number of ether oxygens (including phenoxy) is 1. The average molecular weight is 340 g/mol. The number of aryl methyl sites for hydroxylation is 1. The first-order valence-electron chi connectivity index (χ1n) is 8.67. The summed E-state index contributed by atoms with van der Waals surface area (Å²) < 4.78 is 5.31. The second-order valence-electron chi connectivity index (χ2n) is 6.21. The number of benzene rings is 1. The van der Waals surface area contributed by atoms with E-state index in [0.29, 0.717) is 17.8 Å². The lowest BCUT2D eigenvalue weighted by molar-refractivity contribution is 0.0949. The molecule has 1 saturated heterocycles. The van der Waals surface area contributed by atoms with E-state index in [0.717, 1.165) is 30.4 Å². The minimum Gasteiger partial charge on any atom is -0.496 e. The van der Waals surface area contributed by atoms with E-state index in [-0.39, 0.29) is 5.91 Å². The van der Waals surface area contributed by atoms with Crippen LogP contribution >= 0.6 is 0 Å². The van der Waals surface area contributed by atoms with E-state index in [1.165, 1.54) is 19.3 Å². The predicted octanol–water partition coefficient (Wildman–Crippen LogP) is 2.71. The van der Waals surface area contributed by atoms with Crippen LogP contribution in [0.1, 0.15) is 40.9 Å². The van der Waals surface area contributed by atoms with Crippen molar-refractivity contribution in [3.05, 3.63) is 47.3 Å². The molecule has 0 saturated carbocycles. The molecule has 1 aromatic heterocycles. The first-order valence-corrected chi connectivity index (χ1v) is 8.67. The van der Waals surface area contributed by atoms with Gasteiger partial charge in [-0.1, -0.05) is 18.2 Å². The SMILES string of the molecule is COc1ccccc1CNC(=O)c1cnc(N2CCCCC2)nc1C. The van der Waals surface area contributed by atoms with E-state index >= 15 is 0 Å². The number of methoxy groups -OCH3 is 1. The van der Waals surface area contributed by atoms with Crippen LogP contribution in [0.25, 0.3) is 0 Å². The summed E-state index contributed by atoms with van der Waals surface area (Å²) in [6.45, 7) is 4.22. The van der Waals surface area contributed by atoms with Crippen LogP contribution in [0.5, 0.6) is 5.75 Å². The minimum absolute atomic E-state index is 0.173. The summed E-state index contributed by atoms with van der Waals surface area (Å²) in [5.74, 6) is 1.31. The zero-order chi connectivity index (χ0) is 17.6. The highest BCUT2D eigenvalue weighted by Gasteiger charge is 2.17. The number of rotatable bonds is 5. The summed E-state index contributed by atoms with van der Waals surface area (Å²) >= 11 is 0. The van der Waals surface area contributed by atoms with Crippen molar-refractivity contribution < 1.29 is 9.53 Å². The number of carbonyl (C=O) groups is 1. The molecule has 3 rings (SSSR count). The molecule has 0 bridgehead atoms. The Kier molecular flexibility index (Phi) is 5.48. The summed E-state index contributed by atoms with van der Waals surface area (Å²) in [5.41, 5.74) is 2.14. The van der Waals surface area contributed by atoms with Gasteiger partial charge in [0.25, 0.3) is 5.91 Å². The molecule has 1 N–H and O–H groups in total. The van der Waals surface area contributed by atoms with Crippen molar-refractivity contribution in [1.29, 1.82) is 0 Å². The summed E-state index contributed by atoms with van der Waals surface area (Å²) in [5, 5.41) is 2.92. The Balaban J connectivity index is 1.67. The van der Waals surface area contributed by atoms with Gasteiger partial charge in [-0.05, 0) is 32.3 Å². The minimum atomic E-state index is -0.173. The summed E-state index contributed by atoms with van der Waals surface area (Å²) in [6, 6.07) is 7.64. The van der Waals surface area contributed by atoms with Crippen molar-refractivity contribution in [3.63, 3.8) is 0 Å².